The zero-order chi connectivity index (χ0) is 13.6. The van der Waals surface area contributed by atoms with E-state index in [2.05, 4.69) is 19.8 Å². The maximum Gasteiger partial charge on any atom is 0.225 e. The van der Waals surface area contributed by atoms with Crippen molar-refractivity contribution in [3.8, 4) is 0 Å². The van der Waals surface area contributed by atoms with Gasteiger partial charge in [-0.1, -0.05) is 6.42 Å². The molecular weight excluding hydrogens is 252 g/mol. The van der Waals surface area contributed by atoms with Crippen molar-refractivity contribution in [2.75, 3.05) is 44.2 Å². The molecule has 2 aliphatic heterocycles. The van der Waals surface area contributed by atoms with Crippen molar-refractivity contribution in [3.05, 3.63) is 18.5 Å². The van der Waals surface area contributed by atoms with E-state index in [1.807, 2.05) is 6.07 Å². The summed E-state index contributed by atoms with van der Waals surface area (Å²) in [6.07, 6.45) is 9.11. The fourth-order valence-electron chi connectivity index (χ4n) is 3.03. The van der Waals surface area contributed by atoms with Gasteiger partial charge in [-0.05, 0) is 38.4 Å². The monoisotopic (exact) mass is 276 g/mol. The van der Waals surface area contributed by atoms with Gasteiger partial charge in [-0.2, -0.15) is 0 Å². The maximum absolute atomic E-state index is 6.02. The molecule has 1 aromatic rings. The SMILES string of the molecule is c1cnc(N2CCC(OCCN3CCCCC3)C2)nc1. The highest BCUT2D eigenvalue weighted by atomic mass is 16.5. The lowest BCUT2D eigenvalue weighted by Crippen LogP contribution is -2.34. The Balaban J connectivity index is 1.37. The first-order valence-electron chi connectivity index (χ1n) is 7.78. The van der Waals surface area contributed by atoms with Gasteiger partial charge >= 0.3 is 0 Å². The fraction of sp³-hybridized carbons (Fsp3) is 0.733. The zero-order valence-electron chi connectivity index (χ0n) is 12.1. The van der Waals surface area contributed by atoms with Crippen LogP contribution in [0.3, 0.4) is 0 Å². The van der Waals surface area contributed by atoms with Crippen LogP contribution in [0.5, 0.6) is 0 Å². The Morgan fingerprint density at radius 2 is 1.90 bits per heavy atom. The Labute approximate surface area is 121 Å². The van der Waals surface area contributed by atoms with E-state index in [0.29, 0.717) is 6.10 Å². The van der Waals surface area contributed by atoms with E-state index in [1.54, 1.807) is 12.4 Å². The van der Waals surface area contributed by atoms with Crippen molar-refractivity contribution in [3.63, 3.8) is 0 Å². The first-order chi connectivity index (χ1) is 9.92. The minimum atomic E-state index is 0.337. The highest BCUT2D eigenvalue weighted by Crippen LogP contribution is 2.17. The zero-order valence-corrected chi connectivity index (χ0v) is 12.1. The lowest BCUT2D eigenvalue weighted by Gasteiger charge is -2.26. The van der Waals surface area contributed by atoms with Gasteiger partial charge in [0.1, 0.15) is 0 Å². The van der Waals surface area contributed by atoms with E-state index in [0.717, 1.165) is 38.6 Å². The summed E-state index contributed by atoms with van der Waals surface area (Å²) in [4.78, 5) is 13.3. The van der Waals surface area contributed by atoms with Crippen LogP contribution in [-0.2, 0) is 4.74 Å². The van der Waals surface area contributed by atoms with Crippen LogP contribution in [-0.4, -0.2) is 60.3 Å². The van der Waals surface area contributed by atoms with Crippen molar-refractivity contribution in [2.45, 2.75) is 31.8 Å². The second-order valence-electron chi connectivity index (χ2n) is 5.68. The predicted molar refractivity (Wildman–Crippen MR) is 78.9 cm³/mol. The number of aromatic nitrogens is 2. The summed E-state index contributed by atoms with van der Waals surface area (Å²) in [6.45, 7) is 6.35. The number of hydrogen-bond acceptors (Lipinski definition) is 5. The molecule has 110 valence electrons. The summed E-state index contributed by atoms with van der Waals surface area (Å²) in [7, 11) is 0. The largest absolute Gasteiger partial charge is 0.375 e. The smallest absolute Gasteiger partial charge is 0.225 e. The van der Waals surface area contributed by atoms with Crippen LogP contribution < -0.4 is 4.90 Å². The van der Waals surface area contributed by atoms with Gasteiger partial charge < -0.3 is 14.5 Å². The molecule has 1 atom stereocenters. The molecule has 20 heavy (non-hydrogen) atoms. The van der Waals surface area contributed by atoms with E-state index in [4.69, 9.17) is 4.74 Å². The number of likely N-dealkylation sites (tertiary alicyclic amines) is 1. The number of hydrogen-bond donors (Lipinski definition) is 0. The quantitative estimate of drug-likeness (QED) is 0.816. The third-order valence-electron chi connectivity index (χ3n) is 4.19. The van der Waals surface area contributed by atoms with Gasteiger partial charge in [-0.15, -0.1) is 0 Å². The molecule has 2 saturated heterocycles. The van der Waals surface area contributed by atoms with E-state index >= 15 is 0 Å². The summed E-state index contributed by atoms with van der Waals surface area (Å²) >= 11 is 0. The number of nitrogens with zero attached hydrogens (tertiary/aromatic N) is 4. The average molecular weight is 276 g/mol. The topological polar surface area (TPSA) is 41.5 Å². The summed E-state index contributed by atoms with van der Waals surface area (Å²) in [6, 6.07) is 1.85. The molecule has 3 rings (SSSR count). The predicted octanol–water partition coefficient (Wildman–Crippen LogP) is 1.56. The minimum absolute atomic E-state index is 0.337. The maximum atomic E-state index is 6.02. The lowest BCUT2D eigenvalue weighted by atomic mass is 10.1. The Hall–Kier alpha value is -1.20. The van der Waals surface area contributed by atoms with Gasteiger partial charge in [0.2, 0.25) is 5.95 Å². The second-order valence-corrected chi connectivity index (χ2v) is 5.68. The molecule has 0 spiro atoms. The fourth-order valence-corrected chi connectivity index (χ4v) is 3.03. The Morgan fingerprint density at radius 3 is 2.70 bits per heavy atom. The van der Waals surface area contributed by atoms with Gasteiger partial charge in [0, 0.05) is 32.0 Å². The van der Waals surface area contributed by atoms with Gasteiger partial charge in [-0.25, -0.2) is 9.97 Å². The number of piperidine rings is 1. The first-order valence-corrected chi connectivity index (χ1v) is 7.78. The van der Waals surface area contributed by atoms with Crippen LogP contribution in [0.4, 0.5) is 5.95 Å². The molecule has 5 heteroatoms. The minimum Gasteiger partial charge on any atom is -0.375 e. The van der Waals surface area contributed by atoms with Gasteiger partial charge in [0.05, 0.1) is 12.7 Å². The number of ether oxygens (including phenoxy) is 1. The third-order valence-corrected chi connectivity index (χ3v) is 4.19. The van der Waals surface area contributed by atoms with Crippen molar-refractivity contribution in [1.29, 1.82) is 0 Å². The van der Waals surface area contributed by atoms with Crippen LogP contribution >= 0.6 is 0 Å². The molecular formula is C15H24N4O. The summed E-state index contributed by atoms with van der Waals surface area (Å²) in [5.41, 5.74) is 0. The van der Waals surface area contributed by atoms with Crippen LogP contribution in [0, 0.1) is 0 Å². The average Bonchev–Trinajstić information content (AvgIpc) is 2.98. The molecule has 5 nitrogen and oxygen atoms in total. The normalized spacial score (nSPS) is 24.2. The second kappa shape index (κ2) is 6.99. The summed E-state index contributed by atoms with van der Waals surface area (Å²) in [5.74, 6) is 0.828. The highest BCUT2D eigenvalue weighted by Gasteiger charge is 2.24. The molecule has 1 aromatic heterocycles. The van der Waals surface area contributed by atoms with Crippen LogP contribution in [0.25, 0.3) is 0 Å². The van der Waals surface area contributed by atoms with Gasteiger partial charge in [0.25, 0.3) is 0 Å². The van der Waals surface area contributed by atoms with E-state index < -0.39 is 0 Å². The first kappa shape index (κ1) is 13.8. The van der Waals surface area contributed by atoms with Crippen LogP contribution in [0.1, 0.15) is 25.7 Å². The molecule has 0 aliphatic carbocycles. The van der Waals surface area contributed by atoms with Crippen LogP contribution in [0.2, 0.25) is 0 Å². The molecule has 1 unspecified atom stereocenters. The van der Waals surface area contributed by atoms with E-state index in [9.17, 15) is 0 Å². The Morgan fingerprint density at radius 1 is 1.10 bits per heavy atom. The van der Waals surface area contributed by atoms with Crippen LogP contribution in [0.15, 0.2) is 18.5 Å². The van der Waals surface area contributed by atoms with Gasteiger partial charge in [0.15, 0.2) is 0 Å². The van der Waals surface area contributed by atoms with Crippen molar-refractivity contribution >= 4 is 5.95 Å². The van der Waals surface area contributed by atoms with Crippen molar-refractivity contribution in [2.24, 2.45) is 0 Å². The molecule has 0 saturated carbocycles. The van der Waals surface area contributed by atoms with E-state index in [-0.39, 0.29) is 0 Å². The Bertz CT molecular complexity index is 394. The summed E-state index contributed by atoms with van der Waals surface area (Å²) in [5, 5.41) is 0. The number of anilines is 1. The molecule has 0 aromatic carbocycles. The number of rotatable bonds is 5. The molecule has 2 fully saturated rings. The van der Waals surface area contributed by atoms with Gasteiger partial charge in [-0.3, -0.25) is 0 Å². The Kier molecular flexibility index (Phi) is 4.82. The molecule has 0 amide bonds. The lowest BCUT2D eigenvalue weighted by molar-refractivity contribution is 0.0466. The molecule has 0 radical (unpaired) electrons. The molecule has 3 heterocycles. The molecule has 2 aliphatic rings. The molecule has 0 bridgehead atoms. The van der Waals surface area contributed by atoms with Crippen molar-refractivity contribution in [1.82, 2.24) is 14.9 Å². The van der Waals surface area contributed by atoms with E-state index in [1.165, 1.54) is 32.4 Å². The molecule has 0 N–H and O–H groups in total. The summed E-state index contributed by atoms with van der Waals surface area (Å²) < 4.78 is 6.02. The van der Waals surface area contributed by atoms with Crippen molar-refractivity contribution < 1.29 is 4.74 Å². The standard InChI is InChI=1S/C15H24N4O/c1-2-8-18(9-3-1)11-12-20-14-5-10-19(13-14)15-16-6-4-7-17-15/h4,6-7,14H,1-3,5,8-13H2. The highest BCUT2D eigenvalue weighted by molar-refractivity contribution is 5.30. The third kappa shape index (κ3) is 3.67.